The highest BCUT2D eigenvalue weighted by atomic mass is 79.9. The van der Waals surface area contributed by atoms with Gasteiger partial charge < -0.3 is 10.1 Å². The third-order valence-electron chi connectivity index (χ3n) is 4.51. The summed E-state index contributed by atoms with van der Waals surface area (Å²) in [4.78, 5) is 22.7. The van der Waals surface area contributed by atoms with Crippen molar-refractivity contribution in [2.24, 2.45) is 0 Å². The smallest absolute Gasteiger partial charge is 0.348 e. The summed E-state index contributed by atoms with van der Waals surface area (Å²) in [5.74, 6) is 0.340. The van der Waals surface area contributed by atoms with Crippen LogP contribution in [0.25, 0.3) is 10.2 Å². The van der Waals surface area contributed by atoms with Crippen molar-refractivity contribution in [2.45, 2.75) is 13.3 Å². The lowest BCUT2D eigenvalue weighted by molar-refractivity contribution is 0.0514. The van der Waals surface area contributed by atoms with Gasteiger partial charge in [0.2, 0.25) is 0 Å². The van der Waals surface area contributed by atoms with Gasteiger partial charge in [-0.2, -0.15) is 0 Å². The van der Waals surface area contributed by atoms with Gasteiger partial charge in [-0.05, 0) is 46.1 Å². The number of nitrogens with one attached hydrogen (secondary N) is 1. The molecule has 0 unspecified atom stereocenters. The predicted octanol–water partition coefficient (Wildman–Crippen LogP) is 5.91. The quantitative estimate of drug-likeness (QED) is 0.357. The molecule has 29 heavy (non-hydrogen) atoms. The molecule has 0 aliphatic rings. The number of rotatable bonds is 6. The molecule has 146 valence electrons. The van der Waals surface area contributed by atoms with Crippen LogP contribution in [0, 0.1) is 6.92 Å². The van der Waals surface area contributed by atoms with Gasteiger partial charge >= 0.3 is 5.97 Å². The Morgan fingerprint density at radius 3 is 2.66 bits per heavy atom. The first-order chi connectivity index (χ1) is 14.1. The van der Waals surface area contributed by atoms with Gasteiger partial charge in [0.05, 0.1) is 17.7 Å². The number of carbonyl (C=O) groups excluding carboxylic acids is 1. The highest BCUT2D eigenvalue weighted by molar-refractivity contribution is 9.10. The zero-order valence-electron chi connectivity index (χ0n) is 15.7. The van der Waals surface area contributed by atoms with E-state index in [2.05, 4.69) is 31.2 Å². The van der Waals surface area contributed by atoms with Crippen molar-refractivity contribution in [3.8, 4) is 0 Å². The molecule has 0 radical (unpaired) electrons. The number of ether oxygens (including phenoxy) is 1. The van der Waals surface area contributed by atoms with Crippen LogP contribution in [0.4, 0.5) is 11.5 Å². The van der Waals surface area contributed by atoms with Gasteiger partial charge in [0.25, 0.3) is 0 Å². The summed E-state index contributed by atoms with van der Waals surface area (Å²) in [6.45, 7) is 2.24. The minimum Gasteiger partial charge on any atom is -0.461 e. The summed E-state index contributed by atoms with van der Waals surface area (Å²) < 4.78 is 6.45. The van der Waals surface area contributed by atoms with E-state index in [1.54, 1.807) is 0 Å². The Bertz CT molecular complexity index is 1160. The van der Waals surface area contributed by atoms with Crippen molar-refractivity contribution in [1.82, 2.24) is 9.97 Å². The lowest BCUT2D eigenvalue weighted by Gasteiger charge is -2.09. The molecule has 0 aliphatic carbocycles. The van der Waals surface area contributed by atoms with Gasteiger partial charge in [0.1, 0.15) is 21.9 Å². The van der Waals surface area contributed by atoms with E-state index in [0.717, 1.165) is 31.5 Å². The minimum atomic E-state index is -0.326. The molecule has 4 aromatic rings. The van der Waals surface area contributed by atoms with Crippen LogP contribution in [0.1, 0.15) is 20.8 Å². The molecular formula is C22H18BrN3O2S. The van der Waals surface area contributed by atoms with Crippen LogP contribution in [0.2, 0.25) is 0 Å². The van der Waals surface area contributed by atoms with E-state index in [9.17, 15) is 4.79 Å². The molecule has 2 aromatic heterocycles. The molecule has 0 aliphatic heterocycles. The van der Waals surface area contributed by atoms with Crippen molar-refractivity contribution in [3.63, 3.8) is 0 Å². The summed E-state index contributed by atoms with van der Waals surface area (Å²) in [5, 5.41) is 4.17. The largest absolute Gasteiger partial charge is 0.461 e. The van der Waals surface area contributed by atoms with Crippen LogP contribution in [-0.4, -0.2) is 22.5 Å². The van der Waals surface area contributed by atoms with E-state index >= 15 is 0 Å². The lowest BCUT2D eigenvalue weighted by Crippen LogP contribution is -2.07. The normalized spacial score (nSPS) is 10.8. The summed E-state index contributed by atoms with van der Waals surface area (Å²) >= 11 is 4.86. The van der Waals surface area contributed by atoms with Crippen molar-refractivity contribution in [2.75, 3.05) is 11.9 Å². The monoisotopic (exact) mass is 467 g/mol. The Morgan fingerprint density at radius 1 is 1.10 bits per heavy atom. The van der Waals surface area contributed by atoms with Gasteiger partial charge in [0, 0.05) is 10.9 Å². The Labute approximate surface area is 180 Å². The van der Waals surface area contributed by atoms with Crippen LogP contribution in [0.5, 0.6) is 0 Å². The molecule has 0 bridgehead atoms. The molecule has 0 amide bonds. The molecule has 0 atom stereocenters. The molecule has 5 nitrogen and oxygen atoms in total. The summed E-state index contributed by atoms with van der Waals surface area (Å²) in [5.41, 5.74) is 2.86. The number of aryl methyl sites for hydroxylation is 1. The maximum atomic E-state index is 12.7. The van der Waals surface area contributed by atoms with Gasteiger partial charge in [-0.1, -0.05) is 42.5 Å². The highest BCUT2D eigenvalue weighted by Crippen LogP contribution is 2.35. The number of thiophene rings is 1. The van der Waals surface area contributed by atoms with Crippen molar-refractivity contribution in [1.29, 1.82) is 0 Å². The Morgan fingerprint density at radius 2 is 1.86 bits per heavy atom. The number of esters is 1. The molecule has 0 saturated heterocycles. The fourth-order valence-corrected chi connectivity index (χ4v) is 4.45. The zero-order chi connectivity index (χ0) is 20.2. The zero-order valence-corrected chi connectivity index (χ0v) is 18.1. The standard InChI is InChI=1S/C22H18BrN3O2S/c1-14-18-20(26-17-10-6-5-9-16(17)23)24-13-25-21(18)29-19(14)22(27)28-12-11-15-7-3-2-4-8-15/h2-10,13H,11-12H2,1H3,(H,24,25,26). The summed E-state index contributed by atoms with van der Waals surface area (Å²) in [7, 11) is 0. The minimum absolute atomic E-state index is 0.326. The topological polar surface area (TPSA) is 64.1 Å². The van der Waals surface area contributed by atoms with E-state index in [1.807, 2.05) is 61.5 Å². The van der Waals surface area contributed by atoms with Crippen LogP contribution in [-0.2, 0) is 11.2 Å². The maximum Gasteiger partial charge on any atom is 0.348 e. The predicted molar refractivity (Wildman–Crippen MR) is 120 cm³/mol. The number of fused-ring (bicyclic) bond motifs is 1. The first kappa shape index (κ1) is 19.5. The van der Waals surface area contributed by atoms with Crippen LogP contribution < -0.4 is 5.32 Å². The van der Waals surface area contributed by atoms with Crippen LogP contribution in [0.15, 0.2) is 65.4 Å². The number of aromatic nitrogens is 2. The SMILES string of the molecule is Cc1c(C(=O)OCCc2ccccc2)sc2ncnc(Nc3ccccc3Br)c12. The first-order valence-electron chi connectivity index (χ1n) is 9.10. The number of halogens is 1. The second-order valence-electron chi connectivity index (χ2n) is 6.43. The fraction of sp³-hybridized carbons (Fsp3) is 0.136. The Hall–Kier alpha value is -2.77. The van der Waals surface area contributed by atoms with Crippen molar-refractivity contribution in [3.05, 3.63) is 81.4 Å². The van der Waals surface area contributed by atoms with Gasteiger partial charge in [-0.3, -0.25) is 0 Å². The third-order valence-corrected chi connectivity index (χ3v) is 6.38. The van der Waals surface area contributed by atoms with Crippen molar-refractivity contribution >= 4 is 55.0 Å². The van der Waals surface area contributed by atoms with E-state index in [1.165, 1.54) is 17.7 Å². The molecule has 2 heterocycles. The van der Waals surface area contributed by atoms with Gasteiger partial charge in [0.15, 0.2) is 0 Å². The number of nitrogens with zero attached hydrogens (tertiary/aromatic N) is 2. The second-order valence-corrected chi connectivity index (χ2v) is 8.29. The highest BCUT2D eigenvalue weighted by Gasteiger charge is 2.20. The fourth-order valence-electron chi connectivity index (χ4n) is 3.02. The first-order valence-corrected chi connectivity index (χ1v) is 10.7. The maximum absolute atomic E-state index is 12.7. The summed E-state index contributed by atoms with van der Waals surface area (Å²) in [6.07, 6.45) is 2.19. The average Bonchev–Trinajstić information content (AvgIpc) is 3.08. The van der Waals surface area contributed by atoms with E-state index in [4.69, 9.17) is 4.74 Å². The number of benzene rings is 2. The van der Waals surface area contributed by atoms with Crippen LogP contribution in [0.3, 0.4) is 0 Å². The number of hydrogen-bond donors (Lipinski definition) is 1. The lowest BCUT2D eigenvalue weighted by atomic mass is 10.2. The third kappa shape index (κ3) is 4.31. The number of anilines is 2. The Kier molecular flexibility index (Phi) is 5.87. The van der Waals surface area contributed by atoms with E-state index in [0.29, 0.717) is 23.7 Å². The number of hydrogen-bond acceptors (Lipinski definition) is 6. The Balaban J connectivity index is 1.56. The second kappa shape index (κ2) is 8.71. The van der Waals surface area contributed by atoms with Crippen LogP contribution >= 0.6 is 27.3 Å². The number of carbonyl (C=O) groups is 1. The molecule has 0 spiro atoms. The molecule has 7 heteroatoms. The van der Waals surface area contributed by atoms with E-state index in [-0.39, 0.29) is 5.97 Å². The summed E-state index contributed by atoms with van der Waals surface area (Å²) in [6, 6.07) is 17.8. The number of para-hydroxylation sites is 1. The van der Waals surface area contributed by atoms with E-state index < -0.39 is 0 Å². The molecule has 1 N–H and O–H groups in total. The molecule has 0 saturated carbocycles. The van der Waals surface area contributed by atoms with Gasteiger partial charge in [-0.15, -0.1) is 11.3 Å². The molecule has 2 aromatic carbocycles. The molecular weight excluding hydrogens is 450 g/mol. The molecule has 0 fully saturated rings. The molecule has 4 rings (SSSR count). The average molecular weight is 468 g/mol. The van der Waals surface area contributed by atoms with Crippen molar-refractivity contribution < 1.29 is 9.53 Å². The van der Waals surface area contributed by atoms with Gasteiger partial charge in [-0.25, -0.2) is 14.8 Å².